The number of aldehydes is 1. The second-order valence-electron chi connectivity index (χ2n) is 4.55. The first kappa shape index (κ1) is 15.6. The van der Waals surface area contributed by atoms with E-state index in [0.717, 1.165) is 0 Å². The Hall–Kier alpha value is -2.80. The topological polar surface area (TPSA) is 91.4 Å². The maximum atomic E-state index is 12.3. The summed E-state index contributed by atoms with van der Waals surface area (Å²) in [7, 11) is 1.50. The van der Waals surface area contributed by atoms with Crippen molar-refractivity contribution in [2.45, 2.75) is 6.54 Å². The van der Waals surface area contributed by atoms with Crippen LogP contribution >= 0.6 is 0 Å². The fourth-order valence-corrected chi connectivity index (χ4v) is 2.12. The third kappa shape index (κ3) is 3.09. The van der Waals surface area contributed by atoms with Crippen LogP contribution < -0.4 is 5.56 Å². The van der Waals surface area contributed by atoms with Crippen LogP contribution in [0.2, 0.25) is 0 Å². The number of ether oxygens (including phenoxy) is 1. The van der Waals surface area contributed by atoms with Gasteiger partial charge in [0, 0.05) is 31.4 Å². The molecule has 2 aromatic rings. The molecule has 0 radical (unpaired) electrons. The Balaban J connectivity index is 2.61. The number of aromatic nitrogens is 1. The second kappa shape index (κ2) is 6.77. The minimum atomic E-state index is -0.499. The van der Waals surface area contributed by atoms with Crippen LogP contribution in [0.3, 0.4) is 0 Å². The molecule has 1 aromatic carbocycles. The first-order chi connectivity index (χ1) is 10.6. The Kier molecular flexibility index (Phi) is 4.80. The predicted molar refractivity (Wildman–Crippen MR) is 80.1 cm³/mol. The lowest BCUT2D eigenvalue weighted by atomic mass is 10.1. The van der Waals surface area contributed by atoms with Crippen LogP contribution in [0.5, 0.6) is 0 Å². The van der Waals surface area contributed by atoms with Gasteiger partial charge in [-0.05, 0) is 12.1 Å². The van der Waals surface area contributed by atoms with Gasteiger partial charge in [0.25, 0.3) is 11.2 Å². The first-order valence-corrected chi connectivity index (χ1v) is 6.51. The fourth-order valence-electron chi connectivity index (χ4n) is 2.12. The number of rotatable bonds is 6. The van der Waals surface area contributed by atoms with E-state index in [2.05, 4.69) is 0 Å². The van der Waals surface area contributed by atoms with Crippen molar-refractivity contribution in [2.24, 2.45) is 0 Å². The van der Waals surface area contributed by atoms with E-state index in [1.807, 2.05) is 0 Å². The van der Waals surface area contributed by atoms with Crippen LogP contribution in [-0.2, 0) is 11.3 Å². The number of non-ortho nitro benzene ring substituents is 1. The molecule has 0 spiro atoms. The number of nitro benzene ring substituents is 1. The minimum Gasteiger partial charge on any atom is -0.383 e. The lowest BCUT2D eigenvalue weighted by molar-refractivity contribution is -0.384. The SMILES string of the molecule is COCCn1c(-c2cccc([N+](=O)[O-])c2)ccc(C=O)c1=O. The van der Waals surface area contributed by atoms with Crippen molar-refractivity contribution < 1.29 is 14.5 Å². The monoisotopic (exact) mass is 302 g/mol. The average Bonchev–Trinajstić information content (AvgIpc) is 2.53. The normalized spacial score (nSPS) is 10.4. The molecule has 2 rings (SSSR count). The summed E-state index contributed by atoms with van der Waals surface area (Å²) in [4.78, 5) is 33.6. The highest BCUT2D eigenvalue weighted by molar-refractivity contribution is 5.75. The van der Waals surface area contributed by atoms with Gasteiger partial charge >= 0.3 is 0 Å². The van der Waals surface area contributed by atoms with Gasteiger partial charge in [-0.3, -0.25) is 19.7 Å². The van der Waals surface area contributed by atoms with Gasteiger partial charge in [-0.2, -0.15) is 0 Å². The number of nitrogens with zero attached hydrogens (tertiary/aromatic N) is 2. The lowest BCUT2D eigenvalue weighted by Gasteiger charge is -2.13. The Morgan fingerprint density at radius 2 is 2.09 bits per heavy atom. The van der Waals surface area contributed by atoms with E-state index in [9.17, 15) is 19.7 Å². The van der Waals surface area contributed by atoms with E-state index >= 15 is 0 Å². The molecule has 1 heterocycles. The summed E-state index contributed by atoms with van der Waals surface area (Å²) in [6.45, 7) is 0.527. The van der Waals surface area contributed by atoms with Gasteiger partial charge in [0.15, 0.2) is 6.29 Å². The zero-order valence-corrected chi connectivity index (χ0v) is 11.9. The van der Waals surface area contributed by atoms with Gasteiger partial charge in [0.05, 0.1) is 22.8 Å². The molecule has 0 bridgehead atoms. The van der Waals surface area contributed by atoms with Crippen molar-refractivity contribution in [3.05, 3.63) is 62.4 Å². The highest BCUT2D eigenvalue weighted by atomic mass is 16.6. The van der Waals surface area contributed by atoms with Gasteiger partial charge in [-0.15, -0.1) is 0 Å². The van der Waals surface area contributed by atoms with Crippen molar-refractivity contribution >= 4 is 12.0 Å². The zero-order chi connectivity index (χ0) is 16.1. The van der Waals surface area contributed by atoms with E-state index in [1.54, 1.807) is 18.2 Å². The van der Waals surface area contributed by atoms with Crippen LogP contribution in [0.1, 0.15) is 10.4 Å². The lowest BCUT2D eigenvalue weighted by Crippen LogP contribution is -2.26. The highest BCUT2D eigenvalue weighted by Gasteiger charge is 2.13. The maximum absolute atomic E-state index is 12.3. The molecular weight excluding hydrogens is 288 g/mol. The molecule has 0 unspecified atom stereocenters. The van der Waals surface area contributed by atoms with Gasteiger partial charge in [0.2, 0.25) is 0 Å². The summed E-state index contributed by atoms with van der Waals surface area (Å²) >= 11 is 0. The summed E-state index contributed by atoms with van der Waals surface area (Å²) in [5.74, 6) is 0. The molecule has 0 aliphatic rings. The highest BCUT2D eigenvalue weighted by Crippen LogP contribution is 2.23. The number of hydrogen-bond donors (Lipinski definition) is 0. The van der Waals surface area contributed by atoms with Gasteiger partial charge in [-0.1, -0.05) is 12.1 Å². The molecule has 7 nitrogen and oxygen atoms in total. The van der Waals surface area contributed by atoms with Crippen LogP contribution in [0, 0.1) is 10.1 Å². The average molecular weight is 302 g/mol. The minimum absolute atomic E-state index is 0.0327. The molecule has 1 aromatic heterocycles. The van der Waals surface area contributed by atoms with Crippen molar-refractivity contribution in [1.82, 2.24) is 4.57 Å². The number of hydrogen-bond acceptors (Lipinski definition) is 5. The van der Waals surface area contributed by atoms with E-state index in [-0.39, 0.29) is 24.4 Å². The van der Waals surface area contributed by atoms with E-state index in [1.165, 1.54) is 29.9 Å². The van der Waals surface area contributed by atoms with E-state index in [4.69, 9.17) is 4.74 Å². The molecule has 0 amide bonds. The first-order valence-electron chi connectivity index (χ1n) is 6.51. The van der Waals surface area contributed by atoms with Gasteiger partial charge < -0.3 is 9.30 Å². The van der Waals surface area contributed by atoms with Crippen LogP contribution in [0.15, 0.2) is 41.2 Å². The van der Waals surface area contributed by atoms with Crippen LogP contribution in [0.4, 0.5) is 5.69 Å². The number of methoxy groups -OCH3 is 1. The Morgan fingerprint density at radius 3 is 2.73 bits per heavy atom. The molecular formula is C15H14N2O5. The van der Waals surface area contributed by atoms with Crippen LogP contribution in [-0.4, -0.2) is 29.5 Å². The molecule has 0 saturated carbocycles. The summed E-state index contributed by atoms with van der Waals surface area (Å²) < 4.78 is 6.35. The number of nitro groups is 1. The summed E-state index contributed by atoms with van der Waals surface area (Å²) in [6, 6.07) is 8.99. The molecule has 0 fully saturated rings. The summed E-state index contributed by atoms with van der Waals surface area (Å²) in [6.07, 6.45) is 0.489. The molecule has 0 atom stereocenters. The number of carbonyl (C=O) groups excluding carboxylic acids is 1. The van der Waals surface area contributed by atoms with Gasteiger partial charge in [0.1, 0.15) is 0 Å². The van der Waals surface area contributed by atoms with Crippen molar-refractivity contribution in [2.75, 3.05) is 13.7 Å². The van der Waals surface area contributed by atoms with Crippen LogP contribution in [0.25, 0.3) is 11.3 Å². The molecule has 7 heteroatoms. The third-order valence-corrected chi connectivity index (χ3v) is 3.20. The second-order valence-corrected chi connectivity index (χ2v) is 4.55. The molecule has 0 aliphatic carbocycles. The largest absolute Gasteiger partial charge is 0.383 e. The number of carbonyl (C=O) groups is 1. The Morgan fingerprint density at radius 1 is 1.32 bits per heavy atom. The standard InChI is InChI=1S/C15H14N2O5/c1-22-8-7-16-14(6-5-12(10-18)15(16)19)11-3-2-4-13(9-11)17(20)21/h2-6,9-10H,7-8H2,1H3. The van der Waals surface area contributed by atoms with Gasteiger partial charge in [-0.25, -0.2) is 0 Å². The Labute approximate surface area is 125 Å². The van der Waals surface area contributed by atoms with Crippen molar-refractivity contribution in [3.8, 4) is 11.3 Å². The number of benzene rings is 1. The third-order valence-electron chi connectivity index (χ3n) is 3.20. The Bertz CT molecular complexity index is 767. The molecule has 22 heavy (non-hydrogen) atoms. The van der Waals surface area contributed by atoms with E-state index < -0.39 is 10.5 Å². The number of pyridine rings is 1. The molecule has 0 N–H and O–H groups in total. The predicted octanol–water partition coefficient (Wildman–Crippen LogP) is 1.88. The maximum Gasteiger partial charge on any atom is 0.270 e. The fraction of sp³-hybridized carbons (Fsp3) is 0.200. The molecule has 0 aliphatic heterocycles. The molecule has 114 valence electrons. The van der Waals surface area contributed by atoms with E-state index in [0.29, 0.717) is 17.5 Å². The van der Waals surface area contributed by atoms with Crippen molar-refractivity contribution in [1.29, 1.82) is 0 Å². The zero-order valence-electron chi connectivity index (χ0n) is 11.9. The summed E-state index contributed by atoms with van der Waals surface area (Å²) in [5.41, 5.74) is 0.542. The van der Waals surface area contributed by atoms with Crippen molar-refractivity contribution in [3.63, 3.8) is 0 Å². The smallest absolute Gasteiger partial charge is 0.270 e. The summed E-state index contributed by atoms with van der Waals surface area (Å²) in [5, 5.41) is 10.9. The molecule has 0 saturated heterocycles. The quantitative estimate of drug-likeness (QED) is 0.461.